The van der Waals surface area contributed by atoms with Crippen molar-refractivity contribution in [3.8, 4) is 17.2 Å². The van der Waals surface area contributed by atoms with Gasteiger partial charge in [-0.3, -0.25) is 9.36 Å². The Bertz CT molecular complexity index is 1200. The lowest BCUT2D eigenvalue weighted by Gasteiger charge is -2.09. The van der Waals surface area contributed by atoms with Gasteiger partial charge in [0.05, 0.1) is 26.5 Å². The summed E-state index contributed by atoms with van der Waals surface area (Å²) in [4.78, 5) is 17.2. The van der Waals surface area contributed by atoms with Gasteiger partial charge in [-0.15, -0.1) is 5.10 Å². The molecule has 0 unspecified atom stereocenters. The summed E-state index contributed by atoms with van der Waals surface area (Å²) in [5.41, 5.74) is 1.98. The van der Waals surface area contributed by atoms with E-state index in [1.54, 1.807) is 32.4 Å². The molecule has 0 aliphatic carbocycles. The molecular formula is C19H16BrN5O3. The first kappa shape index (κ1) is 18.2. The average molecular weight is 442 g/mol. The van der Waals surface area contributed by atoms with Crippen molar-refractivity contribution in [3.05, 3.63) is 69.2 Å². The number of hydrogen-bond acceptors (Lipinski definition) is 6. The maximum absolute atomic E-state index is 12.8. The SMILES string of the molecule is COc1ccc(-n2nnc3c(=O)n(Cc4ccc(Br)cc4)cnc32)cc1OC. The fraction of sp³-hybridized carbons (Fsp3) is 0.158. The molecule has 142 valence electrons. The summed E-state index contributed by atoms with van der Waals surface area (Å²) in [5.74, 6) is 1.15. The Morgan fingerprint density at radius 2 is 1.79 bits per heavy atom. The summed E-state index contributed by atoms with van der Waals surface area (Å²) in [6, 6.07) is 13.1. The van der Waals surface area contributed by atoms with Crippen LogP contribution < -0.4 is 15.0 Å². The maximum atomic E-state index is 12.8. The molecule has 0 amide bonds. The second-order valence-electron chi connectivity index (χ2n) is 6.02. The number of rotatable bonds is 5. The highest BCUT2D eigenvalue weighted by Gasteiger charge is 2.15. The zero-order valence-electron chi connectivity index (χ0n) is 15.2. The molecule has 0 radical (unpaired) electrons. The monoisotopic (exact) mass is 441 g/mol. The summed E-state index contributed by atoms with van der Waals surface area (Å²) in [6.07, 6.45) is 1.51. The molecule has 0 saturated carbocycles. The smallest absolute Gasteiger partial charge is 0.283 e. The summed E-state index contributed by atoms with van der Waals surface area (Å²) in [6.45, 7) is 0.401. The Balaban J connectivity index is 1.74. The maximum Gasteiger partial charge on any atom is 0.283 e. The molecule has 28 heavy (non-hydrogen) atoms. The van der Waals surface area contributed by atoms with Crippen LogP contribution in [0.15, 0.2) is 58.1 Å². The Labute approximate surface area is 168 Å². The highest BCUT2D eigenvalue weighted by molar-refractivity contribution is 9.10. The average Bonchev–Trinajstić information content (AvgIpc) is 3.16. The predicted octanol–water partition coefficient (Wildman–Crippen LogP) is 2.81. The molecule has 0 saturated heterocycles. The number of halogens is 1. The van der Waals surface area contributed by atoms with E-state index in [9.17, 15) is 4.79 Å². The summed E-state index contributed by atoms with van der Waals surface area (Å²) < 4.78 is 14.6. The van der Waals surface area contributed by atoms with Crippen LogP contribution in [0.25, 0.3) is 16.9 Å². The summed E-state index contributed by atoms with van der Waals surface area (Å²) >= 11 is 3.40. The molecule has 0 bridgehead atoms. The number of ether oxygens (including phenoxy) is 2. The summed E-state index contributed by atoms with van der Waals surface area (Å²) in [7, 11) is 3.12. The van der Waals surface area contributed by atoms with Crippen LogP contribution in [0.2, 0.25) is 0 Å². The minimum Gasteiger partial charge on any atom is -0.493 e. The van der Waals surface area contributed by atoms with E-state index in [0.29, 0.717) is 29.4 Å². The fourth-order valence-electron chi connectivity index (χ4n) is 2.87. The van der Waals surface area contributed by atoms with Gasteiger partial charge in [-0.2, -0.15) is 4.68 Å². The molecule has 2 heterocycles. The Kier molecular flexibility index (Phi) is 4.82. The second kappa shape index (κ2) is 7.43. The van der Waals surface area contributed by atoms with Crippen molar-refractivity contribution in [2.75, 3.05) is 14.2 Å². The second-order valence-corrected chi connectivity index (χ2v) is 6.93. The number of methoxy groups -OCH3 is 2. The van der Waals surface area contributed by atoms with Crippen LogP contribution in [0, 0.1) is 0 Å². The Morgan fingerprint density at radius 1 is 1.04 bits per heavy atom. The van der Waals surface area contributed by atoms with Crippen LogP contribution in [-0.4, -0.2) is 38.8 Å². The van der Waals surface area contributed by atoms with Crippen LogP contribution in [0.3, 0.4) is 0 Å². The predicted molar refractivity (Wildman–Crippen MR) is 107 cm³/mol. The lowest BCUT2D eigenvalue weighted by atomic mass is 10.2. The highest BCUT2D eigenvalue weighted by atomic mass is 79.9. The van der Waals surface area contributed by atoms with Crippen LogP contribution in [0.4, 0.5) is 0 Å². The molecular weight excluding hydrogens is 426 g/mol. The molecule has 2 aromatic carbocycles. The van der Waals surface area contributed by atoms with Crippen LogP contribution in [-0.2, 0) is 6.54 Å². The van der Waals surface area contributed by atoms with Crippen LogP contribution >= 0.6 is 15.9 Å². The van der Waals surface area contributed by atoms with Gasteiger partial charge in [-0.05, 0) is 29.8 Å². The van der Waals surface area contributed by atoms with E-state index in [2.05, 4.69) is 31.2 Å². The first-order valence-corrected chi connectivity index (χ1v) is 9.17. The van der Waals surface area contributed by atoms with Crippen LogP contribution in [0.1, 0.15) is 5.56 Å². The molecule has 0 aliphatic rings. The van der Waals surface area contributed by atoms with Crippen molar-refractivity contribution in [1.82, 2.24) is 24.5 Å². The van der Waals surface area contributed by atoms with E-state index in [1.165, 1.54) is 15.6 Å². The van der Waals surface area contributed by atoms with E-state index in [0.717, 1.165) is 10.0 Å². The third-order valence-electron chi connectivity index (χ3n) is 4.31. The largest absolute Gasteiger partial charge is 0.493 e. The van der Waals surface area contributed by atoms with Gasteiger partial charge >= 0.3 is 0 Å². The van der Waals surface area contributed by atoms with Gasteiger partial charge in [0.25, 0.3) is 5.56 Å². The quantitative estimate of drug-likeness (QED) is 0.473. The van der Waals surface area contributed by atoms with Crippen molar-refractivity contribution < 1.29 is 9.47 Å². The molecule has 0 spiro atoms. The molecule has 4 rings (SSSR count). The summed E-state index contributed by atoms with van der Waals surface area (Å²) in [5, 5.41) is 8.15. The Hall–Kier alpha value is -3.20. The Morgan fingerprint density at radius 3 is 2.50 bits per heavy atom. The van der Waals surface area contributed by atoms with Crippen LogP contribution in [0.5, 0.6) is 11.5 Å². The zero-order chi connectivity index (χ0) is 19.7. The number of aromatic nitrogens is 5. The molecule has 0 aliphatic heterocycles. The minimum atomic E-state index is -0.250. The van der Waals surface area contributed by atoms with Crippen molar-refractivity contribution in [1.29, 1.82) is 0 Å². The van der Waals surface area contributed by atoms with E-state index >= 15 is 0 Å². The lowest BCUT2D eigenvalue weighted by molar-refractivity contribution is 0.355. The molecule has 0 fully saturated rings. The number of nitrogens with zero attached hydrogens (tertiary/aromatic N) is 5. The van der Waals surface area contributed by atoms with Gasteiger partial charge in [0, 0.05) is 10.5 Å². The third-order valence-corrected chi connectivity index (χ3v) is 4.84. The molecule has 4 aromatic rings. The van der Waals surface area contributed by atoms with Gasteiger partial charge in [0.2, 0.25) is 0 Å². The third kappa shape index (κ3) is 3.24. The van der Waals surface area contributed by atoms with E-state index in [1.807, 2.05) is 24.3 Å². The van der Waals surface area contributed by atoms with Crippen molar-refractivity contribution in [2.24, 2.45) is 0 Å². The number of fused-ring (bicyclic) bond motifs is 1. The first-order chi connectivity index (χ1) is 13.6. The van der Waals surface area contributed by atoms with E-state index in [-0.39, 0.29) is 11.1 Å². The van der Waals surface area contributed by atoms with Gasteiger partial charge < -0.3 is 9.47 Å². The standard InChI is InChI=1S/C19H16BrN5O3/c1-27-15-8-7-14(9-16(15)28-2)25-18-17(22-23-25)19(26)24(11-21-18)10-12-3-5-13(20)6-4-12/h3-9,11H,10H2,1-2H3. The minimum absolute atomic E-state index is 0.203. The topological polar surface area (TPSA) is 84.1 Å². The zero-order valence-corrected chi connectivity index (χ0v) is 16.8. The fourth-order valence-corrected chi connectivity index (χ4v) is 3.14. The molecule has 0 N–H and O–H groups in total. The molecule has 8 nitrogen and oxygen atoms in total. The number of hydrogen-bond donors (Lipinski definition) is 0. The number of benzene rings is 2. The van der Waals surface area contributed by atoms with Gasteiger partial charge in [-0.25, -0.2) is 4.98 Å². The van der Waals surface area contributed by atoms with Crippen molar-refractivity contribution in [2.45, 2.75) is 6.54 Å². The first-order valence-electron chi connectivity index (χ1n) is 8.38. The van der Waals surface area contributed by atoms with E-state index in [4.69, 9.17) is 9.47 Å². The molecule has 0 atom stereocenters. The normalized spacial score (nSPS) is 11.0. The van der Waals surface area contributed by atoms with E-state index < -0.39 is 0 Å². The van der Waals surface area contributed by atoms with Crippen molar-refractivity contribution >= 4 is 27.1 Å². The van der Waals surface area contributed by atoms with Gasteiger partial charge in [0.1, 0.15) is 6.33 Å². The molecule has 9 heteroatoms. The molecule has 2 aromatic heterocycles. The lowest BCUT2D eigenvalue weighted by Crippen LogP contribution is -2.21. The van der Waals surface area contributed by atoms with Crippen molar-refractivity contribution in [3.63, 3.8) is 0 Å². The van der Waals surface area contributed by atoms with Gasteiger partial charge in [-0.1, -0.05) is 33.3 Å². The van der Waals surface area contributed by atoms with Gasteiger partial charge in [0.15, 0.2) is 22.7 Å². The highest BCUT2D eigenvalue weighted by Crippen LogP contribution is 2.29.